The molecule has 0 fully saturated rings. The van der Waals surface area contributed by atoms with Crippen molar-refractivity contribution in [1.29, 1.82) is 0 Å². The third-order valence-corrected chi connectivity index (χ3v) is 3.45. The highest BCUT2D eigenvalue weighted by molar-refractivity contribution is 5.85. The van der Waals surface area contributed by atoms with E-state index < -0.39 is 11.6 Å². The van der Waals surface area contributed by atoms with Crippen molar-refractivity contribution in [2.45, 2.75) is 13.1 Å². The molecule has 0 aliphatic heterocycles. The molecular weight excluding hydrogens is 268 g/mol. The lowest BCUT2D eigenvalue weighted by Crippen LogP contribution is -2.13. The van der Waals surface area contributed by atoms with Crippen LogP contribution in [0.15, 0.2) is 60.7 Å². The molecule has 1 N–H and O–H groups in total. The Morgan fingerprint density at radius 2 is 1.48 bits per heavy atom. The van der Waals surface area contributed by atoms with Gasteiger partial charge in [0.25, 0.3) is 0 Å². The van der Waals surface area contributed by atoms with Crippen LogP contribution in [0.3, 0.4) is 0 Å². The lowest BCUT2D eigenvalue weighted by molar-refractivity contribution is 0.575. The van der Waals surface area contributed by atoms with Gasteiger partial charge in [0.1, 0.15) is 11.6 Å². The van der Waals surface area contributed by atoms with Crippen LogP contribution >= 0.6 is 0 Å². The van der Waals surface area contributed by atoms with Crippen molar-refractivity contribution in [2.24, 2.45) is 0 Å². The van der Waals surface area contributed by atoms with E-state index in [0.717, 1.165) is 6.07 Å². The molecule has 3 aromatic carbocycles. The van der Waals surface area contributed by atoms with Gasteiger partial charge in [-0.1, -0.05) is 42.5 Å². The number of hydrogen-bond acceptors (Lipinski definition) is 1. The molecule has 0 bridgehead atoms. The number of rotatable bonds is 4. The van der Waals surface area contributed by atoms with Crippen LogP contribution in [-0.2, 0) is 13.1 Å². The highest BCUT2D eigenvalue weighted by Gasteiger charge is 2.02. The molecule has 0 aliphatic carbocycles. The van der Waals surface area contributed by atoms with Crippen molar-refractivity contribution in [2.75, 3.05) is 0 Å². The van der Waals surface area contributed by atoms with Crippen LogP contribution in [0.25, 0.3) is 10.8 Å². The van der Waals surface area contributed by atoms with Crippen LogP contribution in [0, 0.1) is 11.6 Å². The summed E-state index contributed by atoms with van der Waals surface area (Å²) in [6.07, 6.45) is 0. The third kappa shape index (κ3) is 3.26. The van der Waals surface area contributed by atoms with Crippen LogP contribution in [0.2, 0.25) is 0 Å². The van der Waals surface area contributed by atoms with E-state index in [1.807, 2.05) is 18.2 Å². The van der Waals surface area contributed by atoms with Crippen molar-refractivity contribution in [3.8, 4) is 0 Å². The van der Waals surface area contributed by atoms with Crippen LogP contribution in [0.5, 0.6) is 0 Å². The van der Waals surface area contributed by atoms with Gasteiger partial charge in [-0.15, -0.1) is 0 Å². The fourth-order valence-electron chi connectivity index (χ4n) is 2.50. The Bertz CT molecular complexity index is 743. The predicted molar refractivity (Wildman–Crippen MR) is 80.8 cm³/mol. The van der Waals surface area contributed by atoms with Gasteiger partial charge in [-0.2, -0.15) is 0 Å². The van der Waals surface area contributed by atoms with Gasteiger partial charge < -0.3 is 5.32 Å². The van der Waals surface area contributed by atoms with Gasteiger partial charge in [0, 0.05) is 19.2 Å². The van der Waals surface area contributed by atoms with E-state index in [4.69, 9.17) is 0 Å². The summed E-state index contributed by atoms with van der Waals surface area (Å²) >= 11 is 0. The first kappa shape index (κ1) is 13.7. The number of benzene rings is 3. The lowest BCUT2D eigenvalue weighted by Gasteiger charge is -2.08. The standard InChI is InChI=1S/C18H15F2N/c19-16-8-13(9-17(20)10-16)11-21-12-15-6-3-5-14-4-1-2-7-18(14)15/h1-10,21H,11-12H2. The molecule has 0 unspecified atom stereocenters. The van der Waals surface area contributed by atoms with E-state index in [2.05, 4.69) is 29.6 Å². The van der Waals surface area contributed by atoms with E-state index in [-0.39, 0.29) is 0 Å². The molecule has 0 aliphatic rings. The summed E-state index contributed by atoms with van der Waals surface area (Å²) in [6, 6.07) is 17.9. The second-order valence-corrected chi connectivity index (χ2v) is 5.02. The average Bonchev–Trinajstić information content (AvgIpc) is 2.46. The zero-order valence-electron chi connectivity index (χ0n) is 11.4. The monoisotopic (exact) mass is 283 g/mol. The molecule has 0 saturated carbocycles. The molecule has 106 valence electrons. The molecule has 0 radical (unpaired) electrons. The number of hydrogen-bond donors (Lipinski definition) is 1. The average molecular weight is 283 g/mol. The van der Waals surface area contributed by atoms with Gasteiger partial charge >= 0.3 is 0 Å². The fourth-order valence-corrected chi connectivity index (χ4v) is 2.50. The van der Waals surface area contributed by atoms with Gasteiger partial charge in [-0.3, -0.25) is 0 Å². The summed E-state index contributed by atoms with van der Waals surface area (Å²) in [6.45, 7) is 1.08. The van der Waals surface area contributed by atoms with E-state index in [1.54, 1.807) is 0 Å². The summed E-state index contributed by atoms with van der Waals surface area (Å²) in [5.41, 5.74) is 1.78. The Morgan fingerprint density at radius 1 is 0.762 bits per heavy atom. The SMILES string of the molecule is Fc1cc(F)cc(CNCc2cccc3ccccc23)c1. The smallest absolute Gasteiger partial charge is 0.126 e. The van der Waals surface area contributed by atoms with Gasteiger partial charge in [0.15, 0.2) is 0 Å². The van der Waals surface area contributed by atoms with Crippen molar-refractivity contribution >= 4 is 10.8 Å². The first-order valence-electron chi connectivity index (χ1n) is 6.85. The Balaban J connectivity index is 1.72. The van der Waals surface area contributed by atoms with Crippen molar-refractivity contribution in [3.63, 3.8) is 0 Å². The molecule has 3 heteroatoms. The van der Waals surface area contributed by atoms with Gasteiger partial charge in [0.05, 0.1) is 0 Å². The second-order valence-electron chi connectivity index (χ2n) is 5.02. The largest absolute Gasteiger partial charge is 0.309 e. The number of fused-ring (bicyclic) bond motifs is 1. The van der Waals surface area contributed by atoms with E-state index >= 15 is 0 Å². The molecule has 3 aromatic rings. The van der Waals surface area contributed by atoms with Crippen molar-refractivity contribution in [3.05, 3.63) is 83.4 Å². The number of halogens is 2. The molecule has 0 heterocycles. The zero-order valence-corrected chi connectivity index (χ0v) is 11.4. The molecule has 0 aromatic heterocycles. The maximum atomic E-state index is 13.1. The maximum Gasteiger partial charge on any atom is 0.126 e. The summed E-state index contributed by atoms with van der Waals surface area (Å²) in [5.74, 6) is -1.09. The van der Waals surface area contributed by atoms with Crippen LogP contribution in [-0.4, -0.2) is 0 Å². The van der Waals surface area contributed by atoms with Crippen LogP contribution < -0.4 is 5.32 Å². The Hall–Kier alpha value is -2.26. The highest BCUT2D eigenvalue weighted by Crippen LogP contribution is 2.18. The van der Waals surface area contributed by atoms with Crippen molar-refractivity contribution < 1.29 is 8.78 Å². The van der Waals surface area contributed by atoms with Crippen LogP contribution in [0.1, 0.15) is 11.1 Å². The second kappa shape index (κ2) is 6.02. The van der Waals surface area contributed by atoms with E-state index in [0.29, 0.717) is 18.7 Å². The molecule has 0 atom stereocenters. The minimum Gasteiger partial charge on any atom is -0.309 e. The molecule has 21 heavy (non-hydrogen) atoms. The summed E-state index contributed by atoms with van der Waals surface area (Å²) < 4.78 is 26.2. The topological polar surface area (TPSA) is 12.0 Å². The molecule has 0 spiro atoms. The fraction of sp³-hybridized carbons (Fsp3) is 0.111. The van der Waals surface area contributed by atoms with Crippen LogP contribution in [0.4, 0.5) is 8.78 Å². The summed E-state index contributed by atoms with van der Waals surface area (Å²) in [7, 11) is 0. The normalized spacial score (nSPS) is 11.0. The van der Waals surface area contributed by atoms with Gasteiger partial charge in [-0.25, -0.2) is 8.78 Å². The lowest BCUT2D eigenvalue weighted by atomic mass is 10.0. The molecular formula is C18H15F2N. The van der Waals surface area contributed by atoms with Gasteiger partial charge in [0.2, 0.25) is 0 Å². The molecule has 0 amide bonds. The van der Waals surface area contributed by atoms with Crippen molar-refractivity contribution in [1.82, 2.24) is 5.32 Å². The highest BCUT2D eigenvalue weighted by atomic mass is 19.1. The predicted octanol–water partition coefficient (Wildman–Crippen LogP) is 4.41. The third-order valence-electron chi connectivity index (χ3n) is 3.45. The quantitative estimate of drug-likeness (QED) is 0.748. The van der Waals surface area contributed by atoms with E-state index in [9.17, 15) is 8.78 Å². The summed E-state index contributed by atoms with van der Waals surface area (Å²) in [5, 5.41) is 5.61. The Morgan fingerprint density at radius 3 is 2.29 bits per heavy atom. The Kier molecular flexibility index (Phi) is 3.93. The summed E-state index contributed by atoms with van der Waals surface area (Å²) in [4.78, 5) is 0. The molecule has 0 saturated heterocycles. The number of nitrogens with one attached hydrogen (secondary N) is 1. The molecule has 1 nitrogen and oxygen atoms in total. The van der Waals surface area contributed by atoms with E-state index in [1.165, 1.54) is 28.5 Å². The zero-order chi connectivity index (χ0) is 14.7. The first-order chi connectivity index (χ1) is 10.2. The minimum atomic E-state index is -0.544. The minimum absolute atomic E-state index is 0.428. The first-order valence-corrected chi connectivity index (χ1v) is 6.85. The molecule has 3 rings (SSSR count). The maximum absolute atomic E-state index is 13.1. The van der Waals surface area contributed by atoms with Gasteiger partial charge in [-0.05, 0) is 34.0 Å². The Labute approximate surface area is 122 Å².